The summed E-state index contributed by atoms with van der Waals surface area (Å²) in [7, 11) is 0. The molecule has 9 nitrogen and oxygen atoms in total. The molecule has 4 aromatic rings. The van der Waals surface area contributed by atoms with Crippen molar-refractivity contribution in [3.05, 3.63) is 59.9 Å². The van der Waals surface area contributed by atoms with E-state index in [1.807, 2.05) is 4.52 Å². The summed E-state index contributed by atoms with van der Waals surface area (Å²) >= 11 is 0. The highest BCUT2D eigenvalue weighted by atomic mass is 16.2. The van der Waals surface area contributed by atoms with Gasteiger partial charge in [-0.25, -0.2) is 4.79 Å². The fourth-order valence-corrected chi connectivity index (χ4v) is 5.61. The number of nitrogens with two attached hydrogens (primary N) is 1. The van der Waals surface area contributed by atoms with Crippen LogP contribution in [0.1, 0.15) is 62.4 Å². The molecular weight excluding hydrogens is 464 g/mol. The van der Waals surface area contributed by atoms with Gasteiger partial charge in [-0.2, -0.15) is 14.5 Å². The lowest BCUT2D eigenvalue weighted by atomic mass is 9.89. The smallest absolute Gasteiger partial charge is 0.314 e. The number of anilines is 2. The van der Waals surface area contributed by atoms with Crippen LogP contribution in [0.2, 0.25) is 0 Å². The Bertz CT molecular complexity index is 1420. The number of hydrogen-bond donors (Lipinski definition) is 2. The van der Waals surface area contributed by atoms with Gasteiger partial charge >= 0.3 is 6.03 Å². The van der Waals surface area contributed by atoms with E-state index in [0.717, 1.165) is 30.3 Å². The van der Waals surface area contributed by atoms with E-state index in [2.05, 4.69) is 65.7 Å². The number of fused-ring (bicyclic) bond motifs is 2. The number of nitrogens with one attached hydrogen (secondary N) is 1. The molecule has 37 heavy (non-hydrogen) atoms. The van der Waals surface area contributed by atoms with Crippen molar-refractivity contribution in [2.75, 3.05) is 36.4 Å². The van der Waals surface area contributed by atoms with Gasteiger partial charge in [0.05, 0.1) is 0 Å². The number of primary amides is 1. The molecule has 9 heteroatoms. The molecule has 0 radical (unpaired) electrons. The van der Waals surface area contributed by atoms with Crippen LogP contribution in [0.25, 0.3) is 16.6 Å². The van der Waals surface area contributed by atoms with Crippen LogP contribution in [0.3, 0.4) is 0 Å². The van der Waals surface area contributed by atoms with E-state index in [1.165, 1.54) is 35.6 Å². The van der Waals surface area contributed by atoms with Crippen LogP contribution in [0.5, 0.6) is 0 Å². The van der Waals surface area contributed by atoms with E-state index in [9.17, 15) is 4.79 Å². The fraction of sp³-hybridized carbons (Fsp3) is 0.429. The zero-order valence-corrected chi connectivity index (χ0v) is 21.3. The van der Waals surface area contributed by atoms with Gasteiger partial charge in [0.1, 0.15) is 11.6 Å². The minimum atomic E-state index is -0.371. The molecule has 3 N–H and O–H groups in total. The molecule has 1 saturated heterocycles. The van der Waals surface area contributed by atoms with Gasteiger partial charge in [0.25, 0.3) is 5.78 Å². The molecule has 2 aliphatic rings. The number of rotatable bonds is 5. The minimum Gasteiger partial charge on any atom is -0.363 e. The first-order valence-electron chi connectivity index (χ1n) is 13.4. The Balaban J connectivity index is 1.34. The molecule has 2 fully saturated rings. The summed E-state index contributed by atoms with van der Waals surface area (Å²) in [6.45, 7) is 4.68. The van der Waals surface area contributed by atoms with Crippen molar-refractivity contribution in [3.63, 3.8) is 0 Å². The first kappa shape index (κ1) is 23.5. The molecule has 1 aliphatic carbocycles. The summed E-state index contributed by atoms with van der Waals surface area (Å²) in [4.78, 5) is 25.3. The first-order valence-corrected chi connectivity index (χ1v) is 13.4. The second kappa shape index (κ2) is 9.88. The van der Waals surface area contributed by atoms with Crippen LogP contribution in [-0.2, 0) is 0 Å². The number of nitrogens with zero attached hydrogens (tertiary/aromatic N) is 6. The van der Waals surface area contributed by atoms with Crippen molar-refractivity contribution >= 4 is 34.2 Å². The third kappa shape index (κ3) is 4.77. The SMILES string of the molecule is C[C@@H](Nc1cc(N2CCN(C(N)=O)CC2)nc2nc(C3CCCCC3)nn12)c1ccc2ccccc2c1. The summed E-state index contributed by atoms with van der Waals surface area (Å²) in [6, 6.07) is 16.8. The average molecular weight is 499 g/mol. The average Bonchev–Trinajstić information content (AvgIpc) is 3.38. The number of carbonyl (C=O) groups is 1. The fourth-order valence-electron chi connectivity index (χ4n) is 5.61. The Labute approximate surface area is 216 Å². The van der Waals surface area contributed by atoms with Crippen molar-refractivity contribution in [1.29, 1.82) is 0 Å². The monoisotopic (exact) mass is 498 g/mol. The van der Waals surface area contributed by atoms with Crippen molar-refractivity contribution < 1.29 is 4.79 Å². The van der Waals surface area contributed by atoms with Crippen LogP contribution in [0, 0.1) is 0 Å². The zero-order valence-electron chi connectivity index (χ0n) is 21.3. The molecule has 0 unspecified atom stereocenters. The van der Waals surface area contributed by atoms with Gasteiger partial charge in [0.2, 0.25) is 0 Å². The Morgan fingerprint density at radius 3 is 2.49 bits per heavy atom. The first-order chi connectivity index (χ1) is 18.0. The molecule has 3 heterocycles. The quantitative estimate of drug-likeness (QED) is 0.413. The normalized spacial score (nSPS) is 17.9. The van der Waals surface area contributed by atoms with Gasteiger partial charge < -0.3 is 20.9 Å². The molecule has 1 aliphatic heterocycles. The lowest BCUT2D eigenvalue weighted by molar-refractivity contribution is 0.204. The number of carbonyl (C=O) groups excluding carboxylic acids is 1. The lowest BCUT2D eigenvalue weighted by Crippen LogP contribution is -2.50. The summed E-state index contributed by atoms with van der Waals surface area (Å²) in [6.07, 6.45) is 6.02. The van der Waals surface area contributed by atoms with Gasteiger partial charge in [0.15, 0.2) is 5.82 Å². The van der Waals surface area contributed by atoms with Crippen LogP contribution in [0.4, 0.5) is 16.4 Å². The predicted octanol–water partition coefficient (Wildman–Crippen LogP) is 4.70. The third-order valence-corrected chi connectivity index (χ3v) is 7.84. The Morgan fingerprint density at radius 1 is 0.973 bits per heavy atom. The molecule has 192 valence electrons. The van der Waals surface area contributed by atoms with Gasteiger partial charge in [-0.15, -0.1) is 5.10 Å². The molecule has 2 amide bonds. The molecule has 2 aromatic carbocycles. The van der Waals surface area contributed by atoms with Crippen molar-refractivity contribution in [2.45, 2.75) is 51.0 Å². The summed E-state index contributed by atoms with van der Waals surface area (Å²) in [5.41, 5.74) is 6.69. The van der Waals surface area contributed by atoms with Crippen LogP contribution >= 0.6 is 0 Å². The van der Waals surface area contributed by atoms with E-state index in [4.69, 9.17) is 20.8 Å². The number of hydrogen-bond acceptors (Lipinski definition) is 6. The highest BCUT2D eigenvalue weighted by molar-refractivity contribution is 5.83. The highest BCUT2D eigenvalue weighted by Crippen LogP contribution is 2.32. The largest absolute Gasteiger partial charge is 0.363 e. The summed E-state index contributed by atoms with van der Waals surface area (Å²) in [5.74, 6) is 3.61. The third-order valence-electron chi connectivity index (χ3n) is 7.84. The number of piperazine rings is 1. The maximum atomic E-state index is 11.6. The number of amides is 2. The minimum absolute atomic E-state index is 0.0529. The second-order valence-electron chi connectivity index (χ2n) is 10.3. The van der Waals surface area contributed by atoms with Crippen molar-refractivity contribution in [2.24, 2.45) is 5.73 Å². The number of urea groups is 1. The Hall–Kier alpha value is -3.88. The topological polar surface area (TPSA) is 105 Å². The van der Waals surface area contributed by atoms with Gasteiger partial charge in [-0.05, 0) is 42.2 Å². The van der Waals surface area contributed by atoms with E-state index < -0.39 is 0 Å². The predicted molar refractivity (Wildman–Crippen MR) is 146 cm³/mol. The van der Waals surface area contributed by atoms with Gasteiger partial charge in [-0.1, -0.05) is 55.7 Å². The standard InChI is InChI=1S/C28H34N8O/c1-19(22-12-11-20-7-5-6-10-23(20)17-22)30-25-18-24(34-13-15-35(16-14-34)27(29)37)31-28-32-26(33-36(25)28)21-8-3-2-4-9-21/h5-7,10-12,17-19,21,30H,2-4,8-9,13-16H2,1H3,(H2,29,37)/t19-/m1/s1. The maximum Gasteiger partial charge on any atom is 0.314 e. The summed E-state index contributed by atoms with van der Waals surface area (Å²) in [5, 5.41) is 11.1. The van der Waals surface area contributed by atoms with Crippen LogP contribution in [-0.4, -0.2) is 56.7 Å². The molecule has 0 bridgehead atoms. The molecular formula is C28H34N8O. The molecule has 6 rings (SSSR count). The van der Waals surface area contributed by atoms with Crippen molar-refractivity contribution in [3.8, 4) is 0 Å². The highest BCUT2D eigenvalue weighted by Gasteiger charge is 2.25. The van der Waals surface area contributed by atoms with E-state index in [-0.39, 0.29) is 12.1 Å². The van der Waals surface area contributed by atoms with E-state index in [1.54, 1.807) is 4.90 Å². The van der Waals surface area contributed by atoms with E-state index >= 15 is 0 Å². The van der Waals surface area contributed by atoms with Gasteiger partial charge in [0, 0.05) is 44.2 Å². The maximum absolute atomic E-state index is 11.6. The number of aromatic nitrogens is 4. The van der Waals surface area contributed by atoms with Gasteiger partial charge in [-0.3, -0.25) is 0 Å². The van der Waals surface area contributed by atoms with Crippen LogP contribution < -0.4 is 16.0 Å². The second-order valence-corrected chi connectivity index (χ2v) is 10.3. The van der Waals surface area contributed by atoms with E-state index in [0.29, 0.717) is 37.9 Å². The van der Waals surface area contributed by atoms with Crippen molar-refractivity contribution in [1.82, 2.24) is 24.5 Å². The lowest BCUT2D eigenvalue weighted by Gasteiger charge is -2.34. The molecule has 0 spiro atoms. The Kier molecular flexibility index (Phi) is 6.28. The van der Waals surface area contributed by atoms with Crippen LogP contribution in [0.15, 0.2) is 48.5 Å². The zero-order chi connectivity index (χ0) is 25.4. The molecule has 2 aromatic heterocycles. The molecule has 1 saturated carbocycles. The molecule has 1 atom stereocenters. The summed E-state index contributed by atoms with van der Waals surface area (Å²) < 4.78 is 1.87. The number of benzene rings is 2. The Morgan fingerprint density at radius 2 is 1.73 bits per heavy atom.